The molecule has 0 aromatic heterocycles. The Morgan fingerprint density at radius 2 is 2.40 bits per heavy atom. The van der Waals surface area contributed by atoms with Crippen LogP contribution in [0.15, 0.2) is 23.1 Å². The van der Waals surface area contributed by atoms with Crippen LogP contribution in [0.2, 0.25) is 0 Å². The van der Waals surface area contributed by atoms with E-state index in [-0.39, 0.29) is 0 Å². The molecule has 0 amide bonds. The SMILES string of the molecule is CCCCC1CNc2cc(N)ccc2S1. The van der Waals surface area contributed by atoms with Gasteiger partial charge in [-0.25, -0.2) is 0 Å². The van der Waals surface area contributed by atoms with Gasteiger partial charge in [-0.2, -0.15) is 0 Å². The summed E-state index contributed by atoms with van der Waals surface area (Å²) in [6.45, 7) is 3.32. The van der Waals surface area contributed by atoms with Crippen molar-refractivity contribution in [1.29, 1.82) is 0 Å². The zero-order valence-corrected chi connectivity index (χ0v) is 9.94. The number of unbranched alkanes of at least 4 members (excludes halogenated alkanes) is 1. The molecule has 1 atom stereocenters. The van der Waals surface area contributed by atoms with Crippen LogP contribution in [0, 0.1) is 0 Å². The third-order valence-electron chi connectivity index (χ3n) is 2.70. The monoisotopic (exact) mass is 222 g/mol. The lowest BCUT2D eigenvalue weighted by molar-refractivity contribution is 0.693. The molecule has 0 fully saturated rings. The fraction of sp³-hybridized carbons (Fsp3) is 0.500. The Hall–Kier alpha value is -0.830. The Balaban J connectivity index is 2.03. The van der Waals surface area contributed by atoms with E-state index in [2.05, 4.69) is 18.3 Å². The van der Waals surface area contributed by atoms with Gasteiger partial charge in [-0.3, -0.25) is 0 Å². The fourth-order valence-electron chi connectivity index (χ4n) is 1.83. The smallest absolute Gasteiger partial charge is 0.0499 e. The van der Waals surface area contributed by atoms with E-state index in [1.807, 2.05) is 23.9 Å². The van der Waals surface area contributed by atoms with Gasteiger partial charge >= 0.3 is 0 Å². The molecular weight excluding hydrogens is 204 g/mol. The molecule has 0 bridgehead atoms. The summed E-state index contributed by atoms with van der Waals surface area (Å²) in [5.74, 6) is 0. The first kappa shape index (κ1) is 10.7. The van der Waals surface area contributed by atoms with Crippen LogP contribution >= 0.6 is 11.8 Å². The highest BCUT2D eigenvalue weighted by molar-refractivity contribution is 8.00. The quantitative estimate of drug-likeness (QED) is 0.770. The number of thioether (sulfide) groups is 1. The molecule has 1 unspecified atom stereocenters. The lowest BCUT2D eigenvalue weighted by Gasteiger charge is -2.25. The van der Waals surface area contributed by atoms with E-state index in [1.165, 1.54) is 29.8 Å². The molecule has 1 aliphatic rings. The van der Waals surface area contributed by atoms with Crippen molar-refractivity contribution in [3.8, 4) is 0 Å². The van der Waals surface area contributed by atoms with Crippen LogP contribution in [0.25, 0.3) is 0 Å². The van der Waals surface area contributed by atoms with E-state index in [4.69, 9.17) is 5.73 Å². The molecule has 82 valence electrons. The van der Waals surface area contributed by atoms with Crippen molar-refractivity contribution in [3.05, 3.63) is 18.2 Å². The van der Waals surface area contributed by atoms with Gasteiger partial charge in [0.05, 0.1) is 0 Å². The molecule has 1 aromatic rings. The van der Waals surface area contributed by atoms with Crippen LogP contribution in [-0.2, 0) is 0 Å². The predicted octanol–water partition coefficient (Wildman–Crippen LogP) is 3.35. The van der Waals surface area contributed by atoms with Crippen molar-refractivity contribution in [1.82, 2.24) is 0 Å². The number of hydrogen-bond donors (Lipinski definition) is 2. The van der Waals surface area contributed by atoms with Gasteiger partial charge in [0.2, 0.25) is 0 Å². The highest BCUT2D eigenvalue weighted by Gasteiger charge is 2.18. The zero-order valence-electron chi connectivity index (χ0n) is 9.12. The van der Waals surface area contributed by atoms with Gasteiger partial charge in [0.1, 0.15) is 0 Å². The lowest BCUT2D eigenvalue weighted by Crippen LogP contribution is -2.21. The van der Waals surface area contributed by atoms with Crippen LogP contribution in [0.5, 0.6) is 0 Å². The van der Waals surface area contributed by atoms with Gasteiger partial charge in [0.25, 0.3) is 0 Å². The standard InChI is InChI=1S/C12H18N2S/c1-2-3-4-10-8-14-11-7-9(13)5-6-12(11)15-10/h5-7,10,14H,2-4,8,13H2,1H3. The van der Waals surface area contributed by atoms with Crippen molar-refractivity contribution in [3.63, 3.8) is 0 Å². The van der Waals surface area contributed by atoms with Crippen molar-refractivity contribution >= 4 is 23.1 Å². The van der Waals surface area contributed by atoms with E-state index in [1.54, 1.807) is 0 Å². The van der Waals surface area contributed by atoms with Gasteiger partial charge in [-0.15, -0.1) is 11.8 Å². The van der Waals surface area contributed by atoms with Crippen LogP contribution in [-0.4, -0.2) is 11.8 Å². The molecule has 3 heteroatoms. The molecule has 2 rings (SSSR count). The molecule has 0 saturated heterocycles. The Labute approximate surface area is 95.6 Å². The van der Waals surface area contributed by atoms with Gasteiger partial charge < -0.3 is 11.1 Å². The number of nitrogen functional groups attached to an aromatic ring is 1. The second-order valence-electron chi connectivity index (χ2n) is 4.02. The predicted molar refractivity (Wildman–Crippen MR) is 68.5 cm³/mol. The minimum absolute atomic E-state index is 0.723. The fourth-order valence-corrected chi connectivity index (χ4v) is 3.04. The Morgan fingerprint density at radius 3 is 3.20 bits per heavy atom. The second kappa shape index (κ2) is 4.79. The highest BCUT2D eigenvalue weighted by atomic mass is 32.2. The lowest BCUT2D eigenvalue weighted by atomic mass is 10.2. The summed E-state index contributed by atoms with van der Waals surface area (Å²) in [5.41, 5.74) is 7.79. The average molecular weight is 222 g/mol. The number of nitrogens with two attached hydrogens (primary N) is 1. The molecule has 1 aromatic carbocycles. The number of rotatable bonds is 3. The number of nitrogens with one attached hydrogen (secondary N) is 1. The molecule has 0 radical (unpaired) electrons. The Morgan fingerprint density at radius 1 is 1.53 bits per heavy atom. The average Bonchev–Trinajstić information content (AvgIpc) is 2.26. The maximum absolute atomic E-state index is 5.75. The topological polar surface area (TPSA) is 38.0 Å². The molecule has 3 N–H and O–H groups in total. The normalized spacial score (nSPS) is 19.4. The molecule has 0 spiro atoms. The first-order chi connectivity index (χ1) is 7.29. The summed E-state index contributed by atoms with van der Waals surface area (Å²) in [6, 6.07) is 6.13. The van der Waals surface area contributed by atoms with Gasteiger partial charge in [-0.1, -0.05) is 19.8 Å². The number of benzene rings is 1. The third kappa shape index (κ3) is 2.59. The van der Waals surface area contributed by atoms with Crippen LogP contribution in [0.1, 0.15) is 26.2 Å². The minimum Gasteiger partial charge on any atom is -0.399 e. The van der Waals surface area contributed by atoms with E-state index in [0.717, 1.165) is 17.5 Å². The maximum atomic E-state index is 5.75. The van der Waals surface area contributed by atoms with E-state index in [0.29, 0.717) is 0 Å². The summed E-state index contributed by atoms with van der Waals surface area (Å²) in [5, 5.41) is 4.18. The molecule has 0 saturated carbocycles. The van der Waals surface area contributed by atoms with Crippen LogP contribution in [0.4, 0.5) is 11.4 Å². The van der Waals surface area contributed by atoms with Crippen molar-refractivity contribution < 1.29 is 0 Å². The van der Waals surface area contributed by atoms with E-state index >= 15 is 0 Å². The summed E-state index contributed by atoms with van der Waals surface area (Å²) < 4.78 is 0. The van der Waals surface area contributed by atoms with E-state index < -0.39 is 0 Å². The van der Waals surface area contributed by atoms with Crippen molar-refractivity contribution in [2.45, 2.75) is 36.3 Å². The van der Waals surface area contributed by atoms with Gasteiger partial charge in [0.15, 0.2) is 0 Å². The molecule has 15 heavy (non-hydrogen) atoms. The number of hydrogen-bond acceptors (Lipinski definition) is 3. The Kier molecular flexibility index (Phi) is 3.41. The zero-order chi connectivity index (χ0) is 10.7. The molecule has 1 aliphatic heterocycles. The first-order valence-electron chi connectivity index (χ1n) is 5.59. The van der Waals surface area contributed by atoms with Gasteiger partial charge in [-0.05, 0) is 24.6 Å². The minimum atomic E-state index is 0.723. The molecule has 1 heterocycles. The third-order valence-corrected chi connectivity index (χ3v) is 4.04. The highest BCUT2D eigenvalue weighted by Crippen LogP contribution is 2.37. The summed E-state index contributed by atoms with van der Waals surface area (Å²) in [4.78, 5) is 1.34. The largest absolute Gasteiger partial charge is 0.399 e. The van der Waals surface area contributed by atoms with Gasteiger partial charge in [0, 0.05) is 28.1 Å². The first-order valence-corrected chi connectivity index (χ1v) is 6.47. The summed E-state index contributed by atoms with van der Waals surface area (Å²) in [7, 11) is 0. The second-order valence-corrected chi connectivity index (χ2v) is 5.36. The maximum Gasteiger partial charge on any atom is 0.0499 e. The number of fused-ring (bicyclic) bond motifs is 1. The van der Waals surface area contributed by atoms with Crippen molar-refractivity contribution in [2.24, 2.45) is 0 Å². The molecule has 2 nitrogen and oxygen atoms in total. The van der Waals surface area contributed by atoms with Crippen molar-refractivity contribution in [2.75, 3.05) is 17.6 Å². The number of anilines is 2. The van der Waals surface area contributed by atoms with Crippen LogP contribution < -0.4 is 11.1 Å². The molecular formula is C12H18N2S. The summed E-state index contributed by atoms with van der Waals surface area (Å²) in [6.07, 6.45) is 3.91. The Bertz CT molecular complexity index is 338. The molecule has 0 aliphatic carbocycles. The van der Waals surface area contributed by atoms with E-state index in [9.17, 15) is 0 Å². The summed E-state index contributed by atoms with van der Waals surface area (Å²) >= 11 is 1.99. The van der Waals surface area contributed by atoms with Crippen LogP contribution in [0.3, 0.4) is 0 Å².